The molecule has 9 nitrogen and oxygen atoms in total. The molecule has 2 heterocycles. The van der Waals surface area contributed by atoms with Crippen LogP contribution in [0.3, 0.4) is 0 Å². The smallest absolute Gasteiger partial charge is 0.416 e. The van der Waals surface area contributed by atoms with E-state index < -0.39 is 17.8 Å². The number of carbonyl (C=O) groups excluding carboxylic acids is 1. The number of aromatic nitrogens is 2. The van der Waals surface area contributed by atoms with Crippen molar-refractivity contribution >= 4 is 28.9 Å². The Labute approximate surface area is 212 Å². The first kappa shape index (κ1) is 26.0. The number of urea groups is 1. The number of rotatable bonds is 6. The van der Waals surface area contributed by atoms with Crippen LogP contribution in [0.4, 0.5) is 40.8 Å². The molecule has 37 heavy (non-hydrogen) atoms. The minimum Gasteiger partial charge on any atom is -0.439 e. The molecule has 1 aliphatic heterocycles. The number of ether oxygens (including phenoxy) is 1. The maximum absolute atomic E-state index is 13.6. The third-order valence-electron chi connectivity index (χ3n) is 5.92. The van der Waals surface area contributed by atoms with Crippen LogP contribution in [0.2, 0.25) is 0 Å². The summed E-state index contributed by atoms with van der Waals surface area (Å²) in [6.07, 6.45) is -3.17. The second-order valence-electron chi connectivity index (χ2n) is 8.71. The second-order valence-corrected chi connectivity index (χ2v) is 8.71. The van der Waals surface area contributed by atoms with Gasteiger partial charge in [-0.1, -0.05) is 0 Å². The predicted molar refractivity (Wildman–Crippen MR) is 137 cm³/mol. The Balaban J connectivity index is 1.46. The van der Waals surface area contributed by atoms with E-state index in [0.29, 0.717) is 41.9 Å². The number of alkyl halides is 3. The summed E-state index contributed by atoms with van der Waals surface area (Å²) in [7, 11) is 3.70. The molecular weight excluding hydrogens is 487 g/mol. The molecule has 12 heteroatoms. The summed E-state index contributed by atoms with van der Waals surface area (Å²) in [6.45, 7) is 4.48. The van der Waals surface area contributed by atoms with E-state index in [-0.39, 0.29) is 5.69 Å². The van der Waals surface area contributed by atoms with Crippen molar-refractivity contribution in [1.29, 1.82) is 0 Å². The number of hydrogen-bond acceptors (Lipinski definition) is 7. The van der Waals surface area contributed by atoms with Gasteiger partial charge >= 0.3 is 12.2 Å². The van der Waals surface area contributed by atoms with E-state index in [1.54, 1.807) is 44.3 Å². The number of likely N-dealkylation sites (N-methyl/N-ethyl adjacent to an activating group) is 1. The highest BCUT2D eigenvalue weighted by atomic mass is 19.4. The van der Waals surface area contributed by atoms with Crippen LogP contribution < -0.4 is 25.6 Å². The molecule has 0 radical (unpaired) electrons. The summed E-state index contributed by atoms with van der Waals surface area (Å²) in [6, 6.07) is 9.58. The molecular formula is C25H28F3N7O2. The summed E-state index contributed by atoms with van der Waals surface area (Å²) in [4.78, 5) is 24.8. The number of aryl methyl sites for hydroxylation is 1. The number of hydrogen-bond donors (Lipinski definition) is 3. The van der Waals surface area contributed by atoms with Crippen LogP contribution in [0.25, 0.3) is 0 Å². The molecule has 3 aromatic rings. The summed E-state index contributed by atoms with van der Waals surface area (Å²) >= 11 is 0. The summed E-state index contributed by atoms with van der Waals surface area (Å²) < 4.78 is 46.5. The van der Waals surface area contributed by atoms with Gasteiger partial charge in [0.2, 0.25) is 5.88 Å². The largest absolute Gasteiger partial charge is 0.439 e. The van der Waals surface area contributed by atoms with Crippen molar-refractivity contribution in [3.63, 3.8) is 0 Å². The predicted octanol–water partition coefficient (Wildman–Crippen LogP) is 5.03. The minimum absolute atomic E-state index is 0.0574. The third kappa shape index (κ3) is 6.79. The van der Waals surface area contributed by atoms with Gasteiger partial charge in [-0.15, -0.1) is 0 Å². The molecule has 2 amide bonds. The fourth-order valence-corrected chi connectivity index (χ4v) is 3.87. The van der Waals surface area contributed by atoms with E-state index in [1.165, 1.54) is 6.33 Å². The average Bonchev–Trinajstić information content (AvgIpc) is 2.85. The highest BCUT2D eigenvalue weighted by Crippen LogP contribution is 2.35. The Kier molecular flexibility index (Phi) is 7.67. The number of halogens is 3. The molecule has 0 unspecified atom stereocenters. The first-order chi connectivity index (χ1) is 17.6. The van der Waals surface area contributed by atoms with Gasteiger partial charge in [-0.25, -0.2) is 14.8 Å². The molecule has 0 aliphatic carbocycles. The Hall–Kier alpha value is -4.06. The number of nitrogens with one attached hydrogen (secondary N) is 3. The zero-order valence-corrected chi connectivity index (χ0v) is 20.7. The van der Waals surface area contributed by atoms with Crippen molar-refractivity contribution in [3.8, 4) is 11.6 Å². The summed E-state index contributed by atoms with van der Waals surface area (Å²) in [5.41, 5.74) is 0.831. The van der Waals surface area contributed by atoms with Gasteiger partial charge in [0, 0.05) is 56.4 Å². The van der Waals surface area contributed by atoms with Crippen LogP contribution in [0.1, 0.15) is 11.1 Å². The van der Waals surface area contributed by atoms with Gasteiger partial charge in [-0.05, 0) is 55.9 Å². The van der Waals surface area contributed by atoms with Crippen molar-refractivity contribution in [2.24, 2.45) is 0 Å². The Morgan fingerprint density at radius 3 is 2.38 bits per heavy atom. The van der Waals surface area contributed by atoms with Crippen LogP contribution >= 0.6 is 0 Å². The lowest BCUT2D eigenvalue weighted by atomic mass is 10.1. The molecule has 0 atom stereocenters. The zero-order valence-electron chi connectivity index (χ0n) is 20.7. The number of carbonyl (C=O) groups is 1. The molecule has 196 valence electrons. The number of anilines is 4. The first-order valence-electron chi connectivity index (χ1n) is 11.6. The molecule has 2 aromatic carbocycles. The van der Waals surface area contributed by atoms with Crippen LogP contribution in [0, 0.1) is 6.92 Å². The SMILES string of the molecule is CNc1cc(Oc2ccc(NC(=O)Nc3cc(N4CCN(C)CC4)cc(C(F)(F)F)c3)cc2C)ncn1. The highest BCUT2D eigenvalue weighted by Gasteiger charge is 2.32. The molecule has 1 fully saturated rings. The van der Waals surface area contributed by atoms with Crippen LogP contribution in [0.5, 0.6) is 11.6 Å². The zero-order chi connectivity index (χ0) is 26.6. The van der Waals surface area contributed by atoms with Crippen molar-refractivity contribution in [2.45, 2.75) is 13.1 Å². The van der Waals surface area contributed by atoms with E-state index in [9.17, 15) is 18.0 Å². The van der Waals surface area contributed by atoms with Gasteiger partial charge in [0.15, 0.2) is 0 Å². The maximum atomic E-state index is 13.6. The highest BCUT2D eigenvalue weighted by molar-refractivity contribution is 6.00. The van der Waals surface area contributed by atoms with Crippen molar-refractivity contribution in [3.05, 3.63) is 59.9 Å². The van der Waals surface area contributed by atoms with Gasteiger partial charge in [-0.2, -0.15) is 13.2 Å². The van der Waals surface area contributed by atoms with Crippen LogP contribution in [-0.2, 0) is 6.18 Å². The number of piperazine rings is 1. The Morgan fingerprint density at radius 2 is 1.70 bits per heavy atom. The van der Waals surface area contributed by atoms with E-state index in [2.05, 4.69) is 30.8 Å². The van der Waals surface area contributed by atoms with Gasteiger partial charge in [-0.3, -0.25) is 0 Å². The van der Waals surface area contributed by atoms with Gasteiger partial charge < -0.3 is 30.5 Å². The fraction of sp³-hybridized carbons (Fsp3) is 0.320. The molecule has 1 aliphatic rings. The maximum Gasteiger partial charge on any atom is 0.416 e. The standard InChI is InChI=1S/C25H28F3N7O2/c1-16-10-18(4-5-21(16)37-23-14-22(29-2)30-15-31-23)32-24(36)33-19-11-17(25(26,27)28)12-20(13-19)35-8-6-34(3)7-9-35/h4-5,10-15H,6-9H2,1-3H3,(H,29,30,31)(H2,32,33,36). The lowest BCUT2D eigenvalue weighted by Crippen LogP contribution is -2.44. The normalized spacial score (nSPS) is 14.3. The second kappa shape index (κ2) is 10.9. The average molecular weight is 516 g/mol. The molecule has 4 rings (SSSR count). The van der Waals surface area contributed by atoms with Gasteiger partial charge in [0.05, 0.1) is 5.56 Å². The summed E-state index contributed by atoms with van der Waals surface area (Å²) in [5, 5.41) is 8.10. The molecule has 1 saturated heterocycles. The first-order valence-corrected chi connectivity index (χ1v) is 11.6. The number of amides is 2. The third-order valence-corrected chi connectivity index (χ3v) is 5.92. The number of benzene rings is 2. The topological polar surface area (TPSA) is 94.6 Å². The number of nitrogens with zero attached hydrogens (tertiary/aromatic N) is 4. The van der Waals surface area contributed by atoms with Crippen molar-refractivity contribution in [1.82, 2.24) is 14.9 Å². The fourth-order valence-electron chi connectivity index (χ4n) is 3.87. The monoisotopic (exact) mass is 515 g/mol. The van der Waals surface area contributed by atoms with Gasteiger partial charge in [0.25, 0.3) is 0 Å². The van der Waals surface area contributed by atoms with Crippen molar-refractivity contribution in [2.75, 3.05) is 61.1 Å². The molecule has 0 bridgehead atoms. The molecule has 1 aromatic heterocycles. The molecule has 0 saturated carbocycles. The molecule has 3 N–H and O–H groups in total. The minimum atomic E-state index is -4.54. The van der Waals surface area contributed by atoms with Gasteiger partial charge in [0.1, 0.15) is 17.9 Å². The Bertz CT molecular complexity index is 1260. The van der Waals surface area contributed by atoms with E-state index >= 15 is 0 Å². The van der Waals surface area contributed by atoms with E-state index in [4.69, 9.17) is 4.74 Å². The lowest BCUT2D eigenvalue weighted by molar-refractivity contribution is -0.137. The lowest BCUT2D eigenvalue weighted by Gasteiger charge is -2.34. The van der Waals surface area contributed by atoms with Crippen LogP contribution in [-0.4, -0.2) is 61.2 Å². The van der Waals surface area contributed by atoms with E-state index in [1.807, 2.05) is 11.9 Å². The van der Waals surface area contributed by atoms with E-state index in [0.717, 1.165) is 30.8 Å². The summed E-state index contributed by atoms with van der Waals surface area (Å²) in [5.74, 6) is 1.48. The van der Waals surface area contributed by atoms with Crippen LogP contribution in [0.15, 0.2) is 48.8 Å². The molecule has 0 spiro atoms. The van der Waals surface area contributed by atoms with Crippen molar-refractivity contribution < 1.29 is 22.7 Å². The quantitative estimate of drug-likeness (QED) is 0.424. The Morgan fingerprint density at radius 1 is 0.973 bits per heavy atom.